The van der Waals surface area contributed by atoms with Gasteiger partial charge in [0.05, 0.1) is 24.3 Å². The van der Waals surface area contributed by atoms with E-state index in [9.17, 15) is 20.1 Å². The SMILES string of the molecule is CCC(C=CC(=O)CCc1cc(OC2CCCC2)c(O)c2c1C#CCC1CC3C=C4C(CC(C)CC4C2C3COC)c2cc(O)cc(c2)Cc2cccc(c2)C2(CCCCC2)NC(N)=N1)CCO. The number of aryl methyl sites for hydroxylation is 1. The molecule has 0 radical (unpaired) electrons. The molecule has 9 nitrogen and oxygen atoms in total. The fraction of sp³-hybridized carbons (Fsp3) is 0.559. The number of ether oxygens (including phenoxy) is 2. The number of phenolic OH excluding ortho intramolecular Hbond substituents is 2. The minimum absolute atomic E-state index is 0.00178. The molecule has 5 aliphatic carbocycles. The smallest absolute Gasteiger partial charge is 0.189 e. The Balaban J connectivity index is 1.24. The summed E-state index contributed by atoms with van der Waals surface area (Å²) < 4.78 is 13.1. The van der Waals surface area contributed by atoms with Crippen LogP contribution in [0.4, 0.5) is 0 Å². The van der Waals surface area contributed by atoms with Crippen molar-refractivity contribution in [1.29, 1.82) is 0 Å². The number of aliphatic imine (C=N–C) groups is 1. The van der Waals surface area contributed by atoms with Crippen molar-refractivity contribution in [2.24, 2.45) is 40.3 Å². The van der Waals surface area contributed by atoms with Gasteiger partial charge in [-0.1, -0.05) is 93.0 Å². The van der Waals surface area contributed by atoms with Crippen LogP contribution in [0.1, 0.15) is 167 Å². The van der Waals surface area contributed by atoms with E-state index in [1.54, 1.807) is 13.2 Å². The Hall–Kier alpha value is -5.04. The van der Waals surface area contributed by atoms with Gasteiger partial charge in [0, 0.05) is 49.5 Å². The van der Waals surface area contributed by atoms with Gasteiger partial charge in [-0.25, -0.2) is 4.99 Å². The molecule has 6 N–H and O–H groups in total. The average molecular weight is 922 g/mol. The Morgan fingerprint density at radius 1 is 1.03 bits per heavy atom. The predicted molar refractivity (Wildman–Crippen MR) is 270 cm³/mol. The number of carbonyl (C=O) groups excluding carboxylic acids is 1. The minimum atomic E-state index is -0.358. The number of nitrogens with zero attached hydrogens (tertiary/aromatic N) is 1. The molecule has 9 heteroatoms. The molecule has 68 heavy (non-hydrogen) atoms. The summed E-state index contributed by atoms with van der Waals surface area (Å²) in [5.74, 6) is 8.99. The number of phenols is 2. The number of aromatic hydroxyl groups is 2. The van der Waals surface area contributed by atoms with Crippen molar-refractivity contribution in [2.45, 2.75) is 159 Å². The van der Waals surface area contributed by atoms with E-state index in [4.69, 9.17) is 20.2 Å². The van der Waals surface area contributed by atoms with Crippen LogP contribution in [0.25, 0.3) is 0 Å². The van der Waals surface area contributed by atoms with Crippen molar-refractivity contribution in [2.75, 3.05) is 20.3 Å². The van der Waals surface area contributed by atoms with Crippen LogP contribution in [0.3, 0.4) is 0 Å². The molecule has 8 unspecified atom stereocenters. The van der Waals surface area contributed by atoms with E-state index in [-0.39, 0.29) is 83.5 Å². The van der Waals surface area contributed by atoms with Crippen molar-refractivity contribution in [1.82, 2.24) is 5.32 Å². The molecule has 8 atom stereocenters. The number of benzene rings is 3. The second-order valence-electron chi connectivity index (χ2n) is 21.4. The summed E-state index contributed by atoms with van der Waals surface area (Å²) in [5.41, 5.74) is 15.2. The zero-order valence-corrected chi connectivity index (χ0v) is 40.8. The third-order valence-electron chi connectivity index (χ3n) is 16.6. The molecule has 1 heterocycles. The third-order valence-corrected chi connectivity index (χ3v) is 16.6. The highest BCUT2D eigenvalue weighted by molar-refractivity contribution is 5.90. The Morgan fingerprint density at radius 2 is 1.85 bits per heavy atom. The highest BCUT2D eigenvalue weighted by Gasteiger charge is 2.49. The molecular formula is C59H75N3O6. The fourth-order valence-electron chi connectivity index (χ4n) is 13.3. The van der Waals surface area contributed by atoms with Gasteiger partial charge in [0.15, 0.2) is 23.2 Å². The Kier molecular flexibility index (Phi) is 15.0. The third kappa shape index (κ3) is 10.4. The Bertz CT molecular complexity index is 2450. The van der Waals surface area contributed by atoms with Gasteiger partial charge in [0.25, 0.3) is 0 Å². The van der Waals surface area contributed by atoms with E-state index >= 15 is 0 Å². The molecule has 0 amide bonds. The molecule has 3 saturated carbocycles. The molecule has 0 aromatic heterocycles. The predicted octanol–water partition coefficient (Wildman–Crippen LogP) is 10.8. The van der Waals surface area contributed by atoms with Gasteiger partial charge in [0.2, 0.25) is 0 Å². The number of fused-ring (bicyclic) bond motifs is 11. The molecule has 3 fully saturated rings. The highest BCUT2D eigenvalue weighted by atomic mass is 16.5. The maximum Gasteiger partial charge on any atom is 0.189 e. The van der Waals surface area contributed by atoms with Crippen LogP contribution in [-0.2, 0) is 27.9 Å². The molecule has 1 aliphatic heterocycles. The number of hydrogen-bond donors (Lipinski definition) is 5. The van der Waals surface area contributed by atoms with Gasteiger partial charge in [-0.3, -0.25) is 4.79 Å². The largest absolute Gasteiger partial charge is 0.508 e. The van der Waals surface area contributed by atoms with Crippen molar-refractivity contribution < 1.29 is 29.6 Å². The molecule has 8 bridgehead atoms. The van der Waals surface area contributed by atoms with Crippen molar-refractivity contribution in [3.63, 3.8) is 0 Å². The van der Waals surface area contributed by atoms with Crippen LogP contribution in [-0.4, -0.2) is 59.5 Å². The van der Waals surface area contributed by atoms with Gasteiger partial charge in [-0.05, 0) is 165 Å². The lowest BCUT2D eigenvalue weighted by atomic mass is 9.55. The lowest BCUT2D eigenvalue weighted by Gasteiger charge is -2.49. The van der Waals surface area contributed by atoms with Crippen molar-refractivity contribution in [3.05, 3.63) is 111 Å². The van der Waals surface area contributed by atoms with Gasteiger partial charge in [-0.15, -0.1) is 0 Å². The molecular weight excluding hydrogens is 847 g/mol. The average Bonchev–Trinajstić information content (AvgIpc) is 3.84. The molecule has 9 rings (SSSR count). The number of aliphatic hydroxyl groups is 1. The van der Waals surface area contributed by atoms with Gasteiger partial charge in [-0.2, -0.15) is 0 Å². The van der Waals surface area contributed by atoms with E-state index in [0.717, 1.165) is 98.4 Å². The van der Waals surface area contributed by atoms with Crippen LogP contribution < -0.4 is 15.8 Å². The number of carbonyl (C=O) groups is 1. The van der Waals surface area contributed by atoms with E-state index in [1.165, 1.54) is 23.1 Å². The van der Waals surface area contributed by atoms with Crippen LogP contribution in [0.2, 0.25) is 0 Å². The van der Waals surface area contributed by atoms with E-state index in [2.05, 4.69) is 67.4 Å². The molecule has 3 aromatic rings. The minimum Gasteiger partial charge on any atom is -0.508 e. The molecule has 1 spiro atoms. The lowest BCUT2D eigenvalue weighted by Crippen LogP contribution is -2.50. The number of nitrogens with two attached hydrogens (primary N) is 1. The summed E-state index contributed by atoms with van der Waals surface area (Å²) >= 11 is 0. The number of aliphatic hydroxyl groups excluding tert-OH is 1. The number of allylic oxidation sites excluding steroid dienone is 4. The van der Waals surface area contributed by atoms with E-state index in [0.29, 0.717) is 56.3 Å². The highest BCUT2D eigenvalue weighted by Crippen LogP contribution is 2.59. The number of methoxy groups -OCH3 is 1. The van der Waals surface area contributed by atoms with Crippen LogP contribution in [0.15, 0.2) is 77.3 Å². The second kappa shape index (κ2) is 21.3. The first-order valence-electron chi connectivity index (χ1n) is 26.1. The Labute approximate surface area is 405 Å². The number of nitrogens with one attached hydrogen (secondary N) is 1. The summed E-state index contributed by atoms with van der Waals surface area (Å²) in [6.45, 7) is 4.98. The van der Waals surface area contributed by atoms with Gasteiger partial charge in [0.1, 0.15) is 5.75 Å². The topological polar surface area (TPSA) is 147 Å². The van der Waals surface area contributed by atoms with Crippen molar-refractivity contribution in [3.8, 4) is 29.1 Å². The standard InChI is InChI=1S/C59H75N3O6/c1-4-38(22-25-63)18-20-46(64)21-19-41-35-54(68-48-15-6-7-16-48)57(66)56-49(41)17-11-14-45-32-43-34-51-50(26-37(2)27-52(51)55(56)53(43)36-67-3)42-29-40(31-47(65)33-42)28-39-12-10-13-44(30-39)59(62-58(60)61-45)23-8-5-9-24-59/h10,12-13,18,20,29-31,33-35,37-38,43,45,48,50,52-53,55,63,65-66H,4-9,14-16,19,21-28,32,36H2,1-3H3,(H3,60,61,62). The molecule has 0 saturated heterocycles. The number of ketones is 1. The first kappa shape index (κ1) is 48.0. The summed E-state index contributed by atoms with van der Waals surface area (Å²) in [6, 6.07) is 16.9. The zero-order valence-electron chi connectivity index (χ0n) is 40.8. The maximum atomic E-state index is 13.7. The van der Waals surface area contributed by atoms with E-state index in [1.807, 2.05) is 24.3 Å². The van der Waals surface area contributed by atoms with Crippen LogP contribution >= 0.6 is 0 Å². The van der Waals surface area contributed by atoms with Crippen molar-refractivity contribution >= 4 is 11.7 Å². The number of hydrogen-bond acceptors (Lipinski definition) is 9. The van der Waals surface area contributed by atoms with Gasteiger partial charge >= 0.3 is 0 Å². The zero-order chi connectivity index (χ0) is 47.4. The van der Waals surface area contributed by atoms with Gasteiger partial charge < -0.3 is 35.8 Å². The maximum absolute atomic E-state index is 13.7. The summed E-state index contributed by atoms with van der Waals surface area (Å²) in [6.07, 6.45) is 21.4. The van der Waals surface area contributed by atoms with E-state index < -0.39 is 0 Å². The summed E-state index contributed by atoms with van der Waals surface area (Å²) in [4.78, 5) is 19.1. The number of guanidine groups is 1. The first-order valence-corrected chi connectivity index (χ1v) is 26.1. The molecule has 6 aliphatic rings. The van der Waals surface area contributed by atoms with Crippen LogP contribution in [0.5, 0.6) is 17.2 Å². The quantitative estimate of drug-likeness (QED) is 0.0686. The normalized spacial score (nSPS) is 27.0. The lowest BCUT2D eigenvalue weighted by molar-refractivity contribution is -0.114. The number of rotatable bonds is 12. The summed E-state index contributed by atoms with van der Waals surface area (Å²) in [7, 11) is 1.78. The fourth-order valence-corrected chi connectivity index (χ4v) is 13.3. The second-order valence-corrected chi connectivity index (χ2v) is 21.4. The van der Waals surface area contributed by atoms with Crippen LogP contribution in [0, 0.1) is 41.4 Å². The summed E-state index contributed by atoms with van der Waals surface area (Å²) in [5, 5.41) is 37.9. The molecule has 362 valence electrons. The monoisotopic (exact) mass is 922 g/mol. The first-order chi connectivity index (χ1) is 33.0. The Morgan fingerprint density at radius 3 is 2.63 bits per heavy atom. The molecule has 3 aromatic carbocycles.